The summed E-state index contributed by atoms with van der Waals surface area (Å²) in [6.45, 7) is 0.498. The van der Waals surface area contributed by atoms with Gasteiger partial charge in [-0.25, -0.2) is 9.36 Å². The zero-order valence-corrected chi connectivity index (χ0v) is 14.6. The number of ether oxygens (including phenoxy) is 1. The van der Waals surface area contributed by atoms with Crippen LogP contribution in [0.1, 0.15) is 5.69 Å². The molecular formula is C18H18N8O. The van der Waals surface area contributed by atoms with Crippen molar-refractivity contribution in [3.8, 4) is 17.3 Å². The van der Waals surface area contributed by atoms with Crippen LogP contribution in [-0.4, -0.2) is 36.6 Å². The number of rotatable bonds is 6. The van der Waals surface area contributed by atoms with E-state index in [4.69, 9.17) is 10.5 Å². The van der Waals surface area contributed by atoms with E-state index in [2.05, 4.69) is 25.5 Å². The van der Waals surface area contributed by atoms with Crippen molar-refractivity contribution < 1.29 is 4.74 Å². The van der Waals surface area contributed by atoms with E-state index in [0.717, 1.165) is 17.1 Å². The quantitative estimate of drug-likeness (QED) is 0.540. The highest BCUT2D eigenvalue weighted by Gasteiger charge is 2.06. The molecule has 136 valence electrons. The van der Waals surface area contributed by atoms with E-state index in [9.17, 15) is 0 Å². The fourth-order valence-corrected chi connectivity index (χ4v) is 2.58. The molecule has 27 heavy (non-hydrogen) atoms. The summed E-state index contributed by atoms with van der Waals surface area (Å²) in [5.74, 6) is 2.18. The smallest absolute Gasteiger partial charge is 0.224 e. The molecule has 3 N–H and O–H groups in total. The van der Waals surface area contributed by atoms with Crippen molar-refractivity contribution in [2.75, 3.05) is 18.2 Å². The maximum absolute atomic E-state index is 5.80. The van der Waals surface area contributed by atoms with Gasteiger partial charge in [-0.05, 0) is 36.4 Å². The predicted molar refractivity (Wildman–Crippen MR) is 101 cm³/mol. The third-order valence-corrected chi connectivity index (χ3v) is 3.90. The lowest BCUT2D eigenvalue weighted by Gasteiger charge is -2.07. The van der Waals surface area contributed by atoms with Crippen LogP contribution in [0.2, 0.25) is 0 Å². The van der Waals surface area contributed by atoms with Gasteiger partial charge in [-0.1, -0.05) is 0 Å². The van der Waals surface area contributed by atoms with E-state index in [1.165, 1.54) is 0 Å². The van der Waals surface area contributed by atoms with Crippen LogP contribution in [0, 0.1) is 0 Å². The molecule has 0 saturated heterocycles. The second-order valence-electron chi connectivity index (χ2n) is 5.72. The van der Waals surface area contributed by atoms with Gasteiger partial charge in [-0.3, -0.25) is 0 Å². The number of benzene rings is 1. The summed E-state index contributed by atoms with van der Waals surface area (Å²) in [6, 6.07) is 13.2. The van der Waals surface area contributed by atoms with E-state index in [-0.39, 0.29) is 5.95 Å². The van der Waals surface area contributed by atoms with Gasteiger partial charge in [0, 0.05) is 24.7 Å². The molecule has 0 aliphatic heterocycles. The Morgan fingerprint density at radius 1 is 1.07 bits per heavy atom. The predicted octanol–water partition coefficient (Wildman–Crippen LogP) is 2.05. The second-order valence-corrected chi connectivity index (χ2v) is 5.72. The molecule has 0 fully saturated rings. The van der Waals surface area contributed by atoms with Gasteiger partial charge in [-0.2, -0.15) is 20.2 Å². The summed E-state index contributed by atoms with van der Waals surface area (Å²) < 4.78 is 8.61. The number of hydrogen-bond acceptors (Lipinski definition) is 7. The molecule has 0 aliphatic carbocycles. The summed E-state index contributed by atoms with van der Waals surface area (Å²) in [5, 5.41) is 11.9. The van der Waals surface area contributed by atoms with Gasteiger partial charge in [0.05, 0.1) is 25.0 Å². The minimum Gasteiger partial charge on any atom is -0.497 e. The molecule has 4 rings (SSSR count). The first-order chi connectivity index (χ1) is 13.2. The number of nitrogens with two attached hydrogens (primary N) is 1. The van der Waals surface area contributed by atoms with Gasteiger partial charge in [0.25, 0.3) is 0 Å². The molecule has 1 aromatic carbocycles. The first kappa shape index (κ1) is 16.6. The minimum absolute atomic E-state index is 0.175. The number of anilines is 2. The average molecular weight is 362 g/mol. The van der Waals surface area contributed by atoms with Crippen molar-refractivity contribution in [1.29, 1.82) is 0 Å². The Kier molecular flexibility index (Phi) is 4.40. The normalized spacial score (nSPS) is 10.7. The standard InChI is InChI=1S/C18H18N8O/c1-27-15-5-3-14(4-6-15)25-10-7-13(24-25)12-20-16-11-17(23-18(19)22-16)26-9-2-8-21-26/h2-11H,12H2,1H3,(H3,19,20,22,23). The summed E-state index contributed by atoms with van der Waals surface area (Å²) in [4.78, 5) is 8.40. The number of nitrogens with zero attached hydrogens (tertiary/aromatic N) is 6. The monoisotopic (exact) mass is 362 g/mol. The van der Waals surface area contributed by atoms with Crippen molar-refractivity contribution in [2.24, 2.45) is 0 Å². The topological polar surface area (TPSA) is 109 Å². The van der Waals surface area contributed by atoms with E-state index in [1.54, 1.807) is 34.9 Å². The number of nitrogens with one attached hydrogen (secondary N) is 1. The van der Waals surface area contributed by atoms with Crippen LogP contribution >= 0.6 is 0 Å². The SMILES string of the molecule is COc1ccc(-n2ccc(CNc3cc(-n4cccn4)nc(N)n3)n2)cc1. The molecule has 3 aromatic heterocycles. The van der Waals surface area contributed by atoms with E-state index >= 15 is 0 Å². The Hall–Kier alpha value is -3.88. The number of hydrogen-bond donors (Lipinski definition) is 2. The zero-order chi connectivity index (χ0) is 18.6. The summed E-state index contributed by atoms with van der Waals surface area (Å²) in [5.41, 5.74) is 7.62. The lowest BCUT2D eigenvalue weighted by molar-refractivity contribution is 0.414. The molecule has 9 heteroatoms. The summed E-state index contributed by atoms with van der Waals surface area (Å²) >= 11 is 0. The first-order valence-corrected chi connectivity index (χ1v) is 8.29. The molecule has 0 amide bonds. The van der Waals surface area contributed by atoms with E-state index in [1.807, 2.05) is 42.6 Å². The van der Waals surface area contributed by atoms with Crippen molar-refractivity contribution >= 4 is 11.8 Å². The molecule has 0 spiro atoms. The Bertz CT molecular complexity index is 1020. The largest absolute Gasteiger partial charge is 0.497 e. The van der Waals surface area contributed by atoms with Crippen LogP contribution in [0.4, 0.5) is 11.8 Å². The van der Waals surface area contributed by atoms with Gasteiger partial charge in [0.2, 0.25) is 5.95 Å². The maximum Gasteiger partial charge on any atom is 0.224 e. The van der Waals surface area contributed by atoms with Gasteiger partial charge >= 0.3 is 0 Å². The number of nitrogen functional groups attached to an aromatic ring is 1. The van der Waals surface area contributed by atoms with Crippen molar-refractivity contribution in [2.45, 2.75) is 6.54 Å². The van der Waals surface area contributed by atoms with Crippen LogP contribution in [0.3, 0.4) is 0 Å². The summed E-state index contributed by atoms with van der Waals surface area (Å²) in [6.07, 6.45) is 5.38. The highest BCUT2D eigenvalue weighted by atomic mass is 16.5. The minimum atomic E-state index is 0.175. The first-order valence-electron chi connectivity index (χ1n) is 8.29. The molecule has 4 aromatic rings. The molecule has 0 radical (unpaired) electrons. The Balaban J connectivity index is 1.47. The molecule has 0 saturated carbocycles. The van der Waals surface area contributed by atoms with Gasteiger partial charge in [0.15, 0.2) is 5.82 Å². The highest BCUT2D eigenvalue weighted by Crippen LogP contribution is 2.16. The average Bonchev–Trinajstić information content (AvgIpc) is 3.38. The van der Waals surface area contributed by atoms with Crippen molar-refractivity contribution in [3.63, 3.8) is 0 Å². The molecule has 0 bridgehead atoms. The molecular weight excluding hydrogens is 344 g/mol. The second kappa shape index (κ2) is 7.16. The maximum atomic E-state index is 5.80. The van der Waals surface area contributed by atoms with Gasteiger partial charge < -0.3 is 15.8 Å². The fourth-order valence-electron chi connectivity index (χ4n) is 2.58. The van der Waals surface area contributed by atoms with Crippen molar-refractivity contribution in [1.82, 2.24) is 29.5 Å². The van der Waals surface area contributed by atoms with Crippen LogP contribution in [0.5, 0.6) is 5.75 Å². The summed E-state index contributed by atoms with van der Waals surface area (Å²) in [7, 11) is 1.64. The molecule has 0 unspecified atom stereocenters. The van der Waals surface area contributed by atoms with Gasteiger partial charge in [-0.15, -0.1) is 0 Å². The molecule has 9 nitrogen and oxygen atoms in total. The Morgan fingerprint density at radius 2 is 1.93 bits per heavy atom. The van der Waals surface area contributed by atoms with Crippen molar-refractivity contribution in [3.05, 3.63) is 66.7 Å². The molecule has 0 atom stereocenters. The van der Waals surface area contributed by atoms with Gasteiger partial charge in [0.1, 0.15) is 11.6 Å². The van der Waals surface area contributed by atoms with Crippen LogP contribution in [0.15, 0.2) is 61.1 Å². The molecule has 0 aliphatic rings. The Morgan fingerprint density at radius 3 is 2.67 bits per heavy atom. The molecule has 3 heterocycles. The highest BCUT2D eigenvalue weighted by molar-refractivity contribution is 5.45. The Labute approximate surface area is 155 Å². The third kappa shape index (κ3) is 3.71. The van der Waals surface area contributed by atoms with E-state index < -0.39 is 0 Å². The number of methoxy groups -OCH3 is 1. The third-order valence-electron chi connectivity index (χ3n) is 3.90. The number of aromatic nitrogens is 6. The lowest BCUT2D eigenvalue weighted by Crippen LogP contribution is -2.08. The van der Waals surface area contributed by atoms with Crippen LogP contribution in [-0.2, 0) is 6.54 Å². The lowest BCUT2D eigenvalue weighted by atomic mass is 10.3. The fraction of sp³-hybridized carbons (Fsp3) is 0.111. The zero-order valence-electron chi connectivity index (χ0n) is 14.6. The van der Waals surface area contributed by atoms with Crippen LogP contribution in [0.25, 0.3) is 11.5 Å². The van der Waals surface area contributed by atoms with Crippen LogP contribution < -0.4 is 15.8 Å². The van der Waals surface area contributed by atoms with E-state index in [0.29, 0.717) is 18.2 Å².